The van der Waals surface area contributed by atoms with Crippen LogP contribution in [0.4, 0.5) is 0 Å². The molecule has 0 aliphatic carbocycles. The summed E-state index contributed by atoms with van der Waals surface area (Å²) < 4.78 is 0. The Bertz CT molecular complexity index is 315. The lowest BCUT2D eigenvalue weighted by molar-refractivity contribution is 0.603. The van der Waals surface area contributed by atoms with Crippen molar-refractivity contribution in [1.29, 1.82) is 0 Å². The van der Waals surface area contributed by atoms with Crippen LogP contribution in [0.2, 0.25) is 0 Å². The van der Waals surface area contributed by atoms with Gasteiger partial charge in [-0.25, -0.2) is 9.97 Å². The van der Waals surface area contributed by atoms with Gasteiger partial charge in [-0.3, -0.25) is 0 Å². The van der Waals surface area contributed by atoms with Gasteiger partial charge in [0.05, 0.1) is 0 Å². The minimum atomic E-state index is 0.574. The highest BCUT2D eigenvalue weighted by molar-refractivity contribution is 7.99. The summed E-state index contributed by atoms with van der Waals surface area (Å²) in [7, 11) is 0. The van der Waals surface area contributed by atoms with Crippen LogP contribution < -0.4 is 5.32 Å². The molecule has 80 valence electrons. The van der Waals surface area contributed by atoms with Gasteiger partial charge in [0.25, 0.3) is 0 Å². The van der Waals surface area contributed by atoms with Crippen LogP contribution in [-0.2, 0) is 0 Å². The maximum absolute atomic E-state index is 4.24. The van der Waals surface area contributed by atoms with E-state index in [9.17, 15) is 0 Å². The standard InChI is InChI=1S/C11H15N3S/c1-2-4-9-7-12-8-10(9)15-11-13-5-3-6-14-11/h2-3,5-6,9-10,12H,1,4,7-8H2/t9-,10-/m0/s1. The molecule has 2 rings (SSSR count). The molecule has 3 nitrogen and oxygen atoms in total. The Labute approximate surface area is 94.4 Å². The van der Waals surface area contributed by atoms with Crippen LogP contribution in [0.15, 0.2) is 36.3 Å². The summed E-state index contributed by atoms with van der Waals surface area (Å²) in [6.45, 7) is 5.92. The molecule has 0 radical (unpaired) electrons. The average Bonchev–Trinajstić information content (AvgIpc) is 2.68. The van der Waals surface area contributed by atoms with Crippen molar-refractivity contribution in [2.24, 2.45) is 5.92 Å². The molecule has 1 N–H and O–H groups in total. The highest BCUT2D eigenvalue weighted by atomic mass is 32.2. The Morgan fingerprint density at radius 1 is 1.47 bits per heavy atom. The lowest BCUT2D eigenvalue weighted by atomic mass is 10.1. The Balaban J connectivity index is 1.96. The van der Waals surface area contributed by atoms with Crippen molar-refractivity contribution in [3.8, 4) is 0 Å². The van der Waals surface area contributed by atoms with Crippen LogP contribution in [0.1, 0.15) is 6.42 Å². The molecule has 1 saturated heterocycles. The van der Waals surface area contributed by atoms with Gasteiger partial charge in [0.15, 0.2) is 5.16 Å². The molecule has 0 aromatic carbocycles. The van der Waals surface area contributed by atoms with Crippen molar-refractivity contribution in [1.82, 2.24) is 15.3 Å². The number of thioether (sulfide) groups is 1. The summed E-state index contributed by atoms with van der Waals surface area (Å²) >= 11 is 1.77. The summed E-state index contributed by atoms with van der Waals surface area (Å²) in [5, 5.41) is 4.85. The molecule has 0 saturated carbocycles. The van der Waals surface area contributed by atoms with E-state index in [4.69, 9.17) is 0 Å². The van der Waals surface area contributed by atoms with Crippen molar-refractivity contribution in [3.05, 3.63) is 31.1 Å². The third kappa shape index (κ3) is 2.79. The summed E-state index contributed by atoms with van der Waals surface area (Å²) in [6, 6.07) is 1.85. The van der Waals surface area contributed by atoms with E-state index < -0.39 is 0 Å². The zero-order chi connectivity index (χ0) is 10.5. The zero-order valence-corrected chi connectivity index (χ0v) is 9.41. The van der Waals surface area contributed by atoms with Crippen LogP contribution in [0.25, 0.3) is 0 Å². The van der Waals surface area contributed by atoms with Gasteiger partial charge in [-0.15, -0.1) is 6.58 Å². The fourth-order valence-electron chi connectivity index (χ4n) is 1.78. The first-order valence-electron chi connectivity index (χ1n) is 5.15. The van der Waals surface area contributed by atoms with E-state index in [1.54, 1.807) is 24.2 Å². The fraction of sp³-hybridized carbons (Fsp3) is 0.455. The molecule has 1 aromatic rings. The van der Waals surface area contributed by atoms with Crippen molar-refractivity contribution in [2.75, 3.05) is 13.1 Å². The van der Waals surface area contributed by atoms with Gasteiger partial charge in [0.2, 0.25) is 0 Å². The maximum Gasteiger partial charge on any atom is 0.187 e. The predicted molar refractivity (Wildman–Crippen MR) is 62.9 cm³/mol. The van der Waals surface area contributed by atoms with E-state index in [1.165, 1.54) is 0 Å². The van der Waals surface area contributed by atoms with Gasteiger partial charge < -0.3 is 5.32 Å². The number of rotatable bonds is 4. The predicted octanol–water partition coefficient (Wildman–Crippen LogP) is 1.73. The molecule has 0 spiro atoms. The lowest BCUT2D eigenvalue weighted by Gasteiger charge is -2.14. The molecule has 1 aromatic heterocycles. The van der Waals surface area contributed by atoms with Gasteiger partial charge in [-0.1, -0.05) is 17.8 Å². The quantitative estimate of drug-likeness (QED) is 0.621. The van der Waals surface area contributed by atoms with Crippen LogP contribution >= 0.6 is 11.8 Å². The molecule has 0 amide bonds. The van der Waals surface area contributed by atoms with E-state index in [-0.39, 0.29) is 0 Å². The van der Waals surface area contributed by atoms with Gasteiger partial charge in [0, 0.05) is 24.2 Å². The van der Waals surface area contributed by atoms with Crippen LogP contribution in [0.5, 0.6) is 0 Å². The van der Waals surface area contributed by atoms with Crippen molar-refractivity contribution in [3.63, 3.8) is 0 Å². The first kappa shape index (κ1) is 10.6. The largest absolute Gasteiger partial charge is 0.315 e. The van der Waals surface area contributed by atoms with Gasteiger partial charge in [-0.2, -0.15) is 0 Å². The molecule has 2 atom stereocenters. The number of nitrogens with zero attached hydrogens (tertiary/aromatic N) is 2. The van der Waals surface area contributed by atoms with Gasteiger partial charge in [0.1, 0.15) is 0 Å². The Kier molecular flexibility index (Phi) is 3.75. The fourth-order valence-corrected chi connectivity index (χ4v) is 2.89. The van der Waals surface area contributed by atoms with E-state index in [0.717, 1.165) is 24.7 Å². The van der Waals surface area contributed by atoms with Crippen molar-refractivity contribution < 1.29 is 0 Å². The number of allylic oxidation sites excluding steroid dienone is 1. The average molecular weight is 221 g/mol. The Morgan fingerprint density at radius 3 is 3.00 bits per heavy atom. The minimum absolute atomic E-state index is 0.574. The van der Waals surface area contributed by atoms with Crippen molar-refractivity contribution in [2.45, 2.75) is 16.8 Å². The molecular weight excluding hydrogens is 206 g/mol. The highest BCUT2D eigenvalue weighted by Gasteiger charge is 2.27. The summed E-state index contributed by atoms with van der Waals surface area (Å²) in [5.74, 6) is 0.663. The first-order chi connectivity index (χ1) is 7.40. The second-order valence-electron chi connectivity index (χ2n) is 3.63. The molecule has 2 heterocycles. The number of hydrogen-bond acceptors (Lipinski definition) is 4. The Morgan fingerprint density at radius 2 is 2.27 bits per heavy atom. The first-order valence-corrected chi connectivity index (χ1v) is 6.03. The summed E-state index contributed by atoms with van der Waals surface area (Å²) in [4.78, 5) is 8.47. The number of aromatic nitrogens is 2. The monoisotopic (exact) mass is 221 g/mol. The molecule has 1 aliphatic rings. The molecule has 1 aliphatic heterocycles. The molecule has 1 fully saturated rings. The van der Waals surface area contributed by atoms with E-state index in [0.29, 0.717) is 11.2 Å². The normalized spacial score (nSPS) is 25.3. The zero-order valence-electron chi connectivity index (χ0n) is 8.60. The Hall–Kier alpha value is -0.870. The minimum Gasteiger partial charge on any atom is -0.315 e. The summed E-state index contributed by atoms with van der Waals surface area (Å²) in [6.07, 6.45) is 6.65. The molecule has 15 heavy (non-hydrogen) atoms. The highest BCUT2D eigenvalue weighted by Crippen LogP contribution is 2.29. The number of hydrogen-bond donors (Lipinski definition) is 1. The number of nitrogens with one attached hydrogen (secondary N) is 1. The maximum atomic E-state index is 4.24. The lowest BCUT2D eigenvalue weighted by Crippen LogP contribution is -2.14. The van der Waals surface area contributed by atoms with Crippen molar-refractivity contribution >= 4 is 11.8 Å². The third-order valence-corrected chi connectivity index (χ3v) is 3.82. The van der Waals surface area contributed by atoms with Gasteiger partial charge >= 0.3 is 0 Å². The topological polar surface area (TPSA) is 37.8 Å². The molecule has 0 bridgehead atoms. The van der Waals surface area contributed by atoms with E-state index >= 15 is 0 Å². The van der Waals surface area contributed by atoms with Crippen LogP contribution in [0.3, 0.4) is 0 Å². The molecule has 0 unspecified atom stereocenters. The smallest absolute Gasteiger partial charge is 0.187 e. The second kappa shape index (κ2) is 5.28. The molecular formula is C11H15N3S. The third-order valence-electron chi connectivity index (χ3n) is 2.55. The SMILES string of the molecule is C=CC[C@H]1CNC[C@@H]1Sc1ncccn1. The van der Waals surface area contributed by atoms with E-state index in [1.807, 2.05) is 12.1 Å². The summed E-state index contributed by atoms with van der Waals surface area (Å²) in [5.41, 5.74) is 0. The van der Waals surface area contributed by atoms with Crippen LogP contribution in [-0.4, -0.2) is 28.3 Å². The molecule has 4 heteroatoms. The van der Waals surface area contributed by atoms with E-state index in [2.05, 4.69) is 21.9 Å². The van der Waals surface area contributed by atoms with Gasteiger partial charge in [-0.05, 0) is 24.9 Å². The van der Waals surface area contributed by atoms with Crippen LogP contribution in [0, 0.1) is 5.92 Å². The second-order valence-corrected chi connectivity index (χ2v) is 4.84.